The van der Waals surface area contributed by atoms with Gasteiger partial charge in [-0.1, -0.05) is 0 Å². The van der Waals surface area contributed by atoms with E-state index < -0.39 is 14.6 Å². The number of sulfone groups is 1. The molecule has 0 aliphatic carbocycles. The number of imidazole rings is 1. The molecule has 0 saturated carbocycles. The fourth-order valence-corrected chi connectivity index (χ4v) is 4.04. The van der Waals surface area contributed by atoms with E-state index in [0.29, 0.717) is 17.1 Å². The number of nitrogens with zero attached hydrogens (tertiary/aromatic N) is 2. The maximum absolute atomic E-state index is 13.0. The average molecular weight is 390 g/mol. The Labute approximate surface area is 158 Å². The summed E-state index contributed by atoms with van der Waals surface area (Å²) < 4.78 is 37.2. The van der Waals surface area contributed by atoms with E-state index in [1.165, 1.54) is 26.5 Å². The van der Waals surface area contributed by atoms with Gasteiger partial charge >= 0.3 is 0 Å². The lowest BCUT2D eigenvalue weighted by atomic mass is 10.1. The molecule has 0 spiro atoms. The highest BCUT2D eigenvalue weighted by Gasteiger charge is 2.34. The van der Waals surface area contributed by atoms with Gasteiger partial charge < -0.3 is 14.6 Å². The summed E-state index contributed by atoms with van der Waals surface area (Å²) in [5, 5.41) is 9.81. The van der Waals surface area contributed by atoms with Gasteiger partial charge in [-0.2, -0.15) is 0 Å². The molecule has 2 heterocycles. The standard InChI is InChI=1S/C19H22N2O5S/c1-19(2,3)27(23,24)17-11-21-13(10-20-18(21)9-16(17)26-5)12-6-7-14(22)15(8-12)25-4/h6-11,22H,1-5H3. The number of methoxy groups -OCH3 is 2. The molecule has 1 N–H and O–H groups in total. The first-order chi connectivity index (χ1) is 12.6. The number of phenolic OH excluding ortho intramolecular Hbond substituents is 1. The first kappa shape index (κ1) is 19.0. The number of ether oxygens (including phenoxy) is 2. The number of aromatic hydroxyl groups is 1. The highest BCUT2D eigenvalue weighted by molar-refractivity contribution is 7.92. The Balaban J connectivity index is 2.29. The maximum Gasteiger partial charge on any atom is 0.188 e. The third-order valence-electron chi connectivity index (χ3n) is 4.37. The van der Waals surface area contributed by atoms with Crippen LogP contribution in [0, 0.1) is 0 Å². The lowest BCUT2D eigenvalue weighted by molar-refractivity contribution is 0.373. The fourth-order valence-electron chi connectivity index (χ4n) is 2.73. The molecule has 0 radical (unpaired) electrons. The maximum atomic E-state index is 13.0. The van der Waals surface area contributed by atoms with Crippen molar-refractivity contribution >= 4 is 15.5 Å². The summed E-state index contributed by atoms with van der Waals surface area (Å²) in [5.41, 5.74) is 1.93. The zero-order valence-electron chi connectivity index (χ0n) is 15.8. The summed E-state index contributed by atoms with van der Waals surface area (Å²) in [4.78, 5) is 4.44. The molecule has 1 aromatic carbocycles. The summed E-state index contributed by atoms with van der Waals surface area (Å²) in [7, 11) is -0.748. The van der Waals surface area contributed by atoms with Gasteiger partial charge in [0, 0.05) is 17.8 Å². The van der Waals surface area contributed by atoms with Crippen molar-refractivity contribution in [3.63, 3.8) is 0 Å². The highest BCUT2D eigenvalue weighted by atomic mass is 32.2. The van der Waals surface area contributed by atoms with Gasteiger partial charge in [0.2, 0.25) is 0 Å². The summed E-state index contributed by atoms with van der Waals surface area (Å²) in [5.74, 6) is 0.587. The second-order valence-corrected chi connectivity index (χ2v) is 9.75. The van der Waals surface area contributed by atoms with Crippen LogP contribution in [0.2, 0.25) is 0 Å². The minimum Gasteiger partial charge on any atom is -0.504 e. The lowest BCUT2D eigenvalue weighted by Gasteiger charge is -2.21. The van der Waals surface area contributed by atoms with Crippen LogP contribution in [0.1, 0.15) is 20.8 Å². The van der Waals surface area contributed by atoms with Crippen LogP contribution in [-0.2, 0) is 9.84 Å². The van der Waals surface area contributed by atoms with Gasteiger partial charge in [-0.3, -0.25) is 4.40 Å². The number of pyridine rings is 1. The number of aromatic nitrogens is 2. The van der Waals surface area contributed by atoms with E-state index in [0.717, 1.165) is 5.56 Å². The molecule has 0 bridgehead atoms. The minimum atomic E-state index is -3.65. The SMILES string of the molecule is COc1cc(-c2cnc3cc(OC)c(S(=O)(=O)C(C)(C)C)cn23)ccc1O. The second-order valence-electron chi connectivity index (χ2n) is 7.08. The largest absolute Gasteiger partial charge is 0.504 e. The van der Waals surface area contributed by atoms with E-state index in [4.69, 9.17) is 9.47 Å². The Kier molecular flexibility index (Phi) is 4.55. The Morgan fingerprint density at radius 2 is 1.74 bits per heavy atom. The molecule has 144 valence electrons. The molecule has 3 aromatic rings. The zero-order chi connectivity index (χ0) is 20.0. The minimum absolute atomic E-state index is 0.0211. The van der Waals surface area contributed by atoms with Gasteiger partial charge in [0.25, 0.3) is 0 Å². The van der Waals surface area contributed by atoms with Crippen molar-refractivity contribution in [3.05, 3.63) is 36.7 Å². The Morgan fingerprint density at radius 3 is 2.33 bits per heavy atom. The third kappa shape index (κ3) is 3.10. The molecule has 7 nitrogen and oxygen atoms in total. The third-order valence-corrected chi connectivity index (χ3v) is 6.86. The van der Waals surface area contributed by atoms with E-state index in [-0.39, 0.29) is 16.4 Å². The van der Waals surface area contributed by atoms with Crippen molar-refractivity contribution < 1.29 is 23.0 Å². The van der Waals surface area contributed by atoms with Crippen LogP contribution >= 0.6 is 0 Å². The highest BCUT2D eigenvalue weighted by Crippen LogP contribution is 2.36. The Morgan fingerprint density at radius 1 is 1.07 bits per heavy atom. The van der Waals surface area contributed by atoms with Crippen LogP contribution in [0.3, 0.4) is 0 Å². The number of rotatable bonds is 4. The topological polar surface area (TPSA) is 90.1 Å². The quantitative estimate of drug-likeness (QED) is 0.735. The van der Waals surface area contributed by atoms with Crippen molar-refractivity contribution in [2.45, 2.75) is 30.4 Å². The monoisotopic (exact) mass is 390 g/mol. The molecular formula is C19H22N2O5S. The molecule has 3 rings (SSSR count). The van der Waals surface area contributed by atoms with Gasteiger partial charge in [-0.05, 0) is 39.0 Å². The predicted molar refractivity (Wildman–Crippen MR) is 102 cm³/mol. The molecule has 0 aliphatic rings. The number of hydrogen-bond acceptors (Lipinski definition) is 6. The van der Waals surface area contributed by atoms with Crippen LogP contribution in [-0.4, -0.2) is 41.9 Å². The summed E-state index contributed by atoms with van der Waals surface area (Å²) in [6.45, 7) is 4.93. The molecule has 0 fully saturated rings. The van der Waals surface area contributed by atoms with Crippen molar-refractivity contribution in [1.29, 1.82) is 0 Å². The summed E-state index contributed by atoms with van der Waals surface area (Å²) in [6, 6.07) is 6.49. The van der Waals surface area contributed by atoms with Gasteiger partial charge in [0.05, 0.1) is 30.9 Å². The lowest BCUT2D eigenvalue weighted by Crippen LogP contribution is -2.28. The molecular weight excluding hydrogens is 368 g/mol. The number of benzene rings is 1. The molecule has 0 unspecified atom stereocenters. The molecule has 2 aromatic heterocycles. The average Bonchev–Trinajstić information content (AvgIpc) is 3.03. The second kappa shape index (κ2) is 6.45. The zero-order valence-corrected chi connectivity index (χ0v) is 16.7. The summed E-state index contributed by atoms with van der Waals surface area (Å²) in [6.07, 6.45) is 3.16. The van der Waals surface area contributed by atoms with Crippen molar-refractivity contribution in [2.24, 2.45) is 0 Å². The van der Waals surface area contributed by atoms with E-state index in [2.05, 4.69) is 4.98 Å². The number of phenols is 1. The van der Waals surface area contributed by atoms with Gasteiger partial charge in [0.15, 0.2) is 21.3 Å². The first-order valence-corrected chi connectivity index (χ1v) is 9.75. The smallest absolute Gasteiger partial charge is 0.188 e. The Bertz CT molecular complexity index is 1110. The van der Waals surface area contributed by atoms with Crippen LogP contribution in [0.5, 0.6) is 17.2 Å². The van der Waals surface area contributed by atoms with Crippen LogP contribution in [0.15, 0.2) is 41.6 Å². The van der Waals surface area contributed by atoms with Gasteiger partial charge in [-0.25, -0.2) is 13.4 Å². The Hall–Kier alpha value is -2.74. The molecule has 0 aliphatic heterocycles. The van der Waals surface area contributed by atoms with Crippen molar-refractivity contribution in [3.8, 4) is 28.5 Å². The van der Waals surface area contributed by atoms with Gasteiger partial charge in [-0.15, -0.1) is 0 Å². The number of fused-ring (bicyclic) bond motifs is 1. The number of hydrogen-bond donors (Lipinski definition) is 1. The van der Waals surface area contributed by atoms with E-state index in [1.807, 2.05) is 0 Å². The molecule has 0 atom stereocenters. The van der Waals surface area contributed by atoms with Crippen LogP contribution in [0.25, 0.3) is 16.9 Å². The van der Waals surface area contributed by atoms with Crippen LogP contribution in [0.4, 0.5) is 0 Å². The summed E-state index contributed by atoms with van der Waals surface area (Å²) >= 11 is 0. The van der Waals surface area contributed by atoms with E-state index in [9.17, 15) is 13.5 Å². The van der Waals surface area contributed by atoms with Gasteiger partial charge in [0.1, 0.15) is 16.3 Å². The van der Waals surface area contributed by atoms with E-state index in [1.54, 1.807) is 49.6 Å². The van der Waals surface area contributed by atoms with Crippen molar-refractivity contribution in [1.82, 2.24) is 9.38 Å². The molecule has 0 saturated heterocycles. The van der Waals surface area contributed by atoms with E-state index >= 15 is 0 Å². The molecule has 8 heteroatoms. The van der Waals surface area contributed by atoms with Crippen LogP contribution < -0.4 is 9.47 Å². The molecule has 27 heavy (non-hydrogen) atoms. The normalized spacial score (nSPS) is 12.3. The predicted octanol–water partition coefficient (Wildman–Crippen LogP) is 3.30. The first-order valence-electron chi connectivity index (χ1n) is 8.27. The molecule has 0 amide bonds. The van der Waals surface area contributed by atoms with Crippen molar-refractivity contribution in [2.75, 3.05) is 14.2 Å². The fraction of sp³-hybridized carbons (Fsp3) is 0.316.